The highest BCUT2D eigenvalue weighted by molar-refractivity contribution is 6.30. The van der Waals surface area contributed by atoms with Gasteiger partial charge in [-0.1, -0.05) is 29.8 Å². The lowest BCUT2D eigenvalue weighted by Crippen LogP contribution is -2.02. The van der Waals surface area contributed by atoms with Crippen molar-refractivity contribution in [1.82, 2.24) is 4.98 Å². The van der Waals surface area contributed by atoms with Crippen LogP contribution in [0, 0.1) is 0 Å². The molecular formula is C12H11ClN2O. The van der Waals surface area contributed by atoms with Crippen LogP contribution in [0.5, 0.6) is 5.75 Å². The topological polar surface area (TPSA) is 48.1 Å². The third kappa shape index (κ3) is 2.64. The number of pyridine rings is 1. The first kappa shape index (κ1) is 10.8. The maximum absolute atomic E-state index is 5.82. The van der Waals surface area contributed by atoms with Gasteiger partial charge in [-0.15, -0.1) is 0 Å². The molecule has 4 heteroatoms. The number of hydrogen-bond donors (Lipinski definition) is 1. The van der Waals surface area contributed by atoms with Crippen LogP contribution in [0.15, 0.2) is 42.6 Å². The maximum Gasteiger partial charge on any atom is 0.130 e. The Hall–Kier alpha value is -1.74. The lowest BCUT2D eigenvalue weighted by molar-refractivity contribution is 0.306. The second kappa shape index (κ2) is 4.86. The van der Waals surface area contributed by atoms with Gasteiger partial charge in [0, 0.05) is 11.8 Å². The van der Waals surface area contributed by atoms with Crippen molar-refractivity contribution < 1.29 is 4.74 Å². The van der Waals surface area contributed by atoms with Gasteiger partial charge in [0.25, 0.3) is 0 Å². The Morgan fingerprint density at radius 1 is 1.25 bits per heavy atom. The Kier molecular flexibility index (Phi) is 3.27. The van der Waals surface area contributed by atoms with E-state index in [9.17, 15) is 0 Å². The standard InChI is InChI=1S/C12H11ClN2O/c13-10-6-9(12(14)15-7-10)8-16-11-4-2-1-3-5-11/h1-7H,8H2,(H2,14,15). The zero-order valence-electron chi connectivity index (χ0n) is 8.56. The van der Waals surface area contributed by atoms with Crippen molar-refractivity contribution in [2.24, 2.45) is 0 Å². The average Bonchev–Trinajstić information content (AvgIpc) is 2.32. The van der Waals surface area contributed by atoms with Crippen LogP contribution in [0.4, 0.5) is 5.82 Å². The SMILES string of the molecule is Nc1ncc(Cl)cc1COc1ccccc1. The number of halogens is 1. The van der Waals surface area contributed by atoms with Gasteiger partial charge in [0.2, 0.25) is 0 Å². The number of nitrogens with zero attached hydrogens (tertiary/aromatic N) is 1. The molecule has 2 aromatic rings. The summed E-state index contributed by atoms with van der Waals surface area (Å²) in [5, 5.41) is 0.556. The first-order chi connectivity index (χ1) is 7.75. The van der Waals surface area contributed by atoms with Crippen LogP contribution < -0.4 is 10.5 Å². The van der Waals surface area contributed by atoms with E-state index in [4.69, 9.17) is 22.1 Å². The van der Waals surface area contributed by atoms with Gasteiger partial charge >= 0.3 is 0 Å². The molecule has 1 aromatic carbocycles. The van der Waals surface area contributed by atoms with Gasteiger partial charge in [-0.3, -0.25) is 0 Å². The van der Waals surface area contributed by atoms with E-state index in [2.05, 4.69) is 4.98 Å². The second-order valence-corrected chi connectivity index (χ2v) is 3.74. The van der Waals surface area contributed by atoms with Crippen molar-refractivity contribution in [2.75, 3.05) is 5.73 Å². The number of ether oxygens (including phenoxy) is 1. The summed E-state index contributed by atoms with van der Waals surface area (Å²) < 4.78 is 5.55. The molecule has 0 radical (unpaired) electrons. The molecule has 0 aliphatic rings. The number of aromatic nitrogens is 1. The van der Waals surface area contributed by atoms with Crippen molar-refractivity contribution in [2.45, 2.75) is 6.61 Å². The fourth-order valence-electron chi connectivity index (χ4n) is 1.29. The number of para-hydroxylation sites is 1. The summed E-state index contributed by atoms with van der Waals surface area (Å²) in [7, 11) is 0. The molecule has 0 spiro atoms. The summed E-state index contributed by atoms with van der Waals surface area (Å²) in [5.74, 6) is 1.24. The third-order valence-electron chi connectivity index (χ3n) is 2.11. The fraction of sp³-hybridized carbons (Fsp3) is 0.0833. The summed E-state index contributed by atoms with van der Waals surface area (Å²) in [4.78, 5) is 3.96. The molecule has 0 amide bonds. The van der Waals surface area contributed by atoms with Gasteiger partial charge in [0.15, 0.2) is 0 Å². The summed E-state index contributed by atoms with van der Waals surface area (Å²) in [5.41, 5.74) is 6.49. The molecule has 0 bridgehead atoms. The Morgan fingerprint density at radius 3 is 2.75 bits per heavy atom. The fourth-order valence-corrected chi connectivity index (χ4v) is 1.47. The molecule has 1 aromatic heterocycles. The van der Waals surface area contributed by atoms with Crippen LogP contribution in [0.2, 0.25) is 5.02 Å². The average molecular weight is 235 g/mol. The van der Waals surface area contributed by atoms with Crippen LogP contribution >= 0.6 is 11.6 Å². The molecule has 0 aliphatic carbocycles. The molecule has 2 rings (SSSR count). The summed E-state index contributed by atoms with van der Waals surface area (Å²) in [6.45, 7) is 0.364. The minimum Gasteiger partial charge on any atom is -0.489 e. The van der Waals surface area contributed by atoms with Crippen molar-refractivity contribution in [3.05, 3.63) is 53.2 Å². The van der Waals surface area contributed by atoms with E-state index in [0.29, 0.717) is 17.4 Å². The number of nitrogens with two attached hydrogens (primary N) is 1. The minimum absolute atomic E-state index is 0.364. The molecule has 0 saturated carbocycles. The van der Waals surface area contributed by atoms with Crippen molar-refractivity contribution in [1.29, 1.82) is 0 Å². The van der Waals surface area contributed by atoms with Crippen LogP contribution in [0.3, 0.4) is 0 Å². The summed E-state index contributed by atoms with van der Waals surface area (Å²) in [6, 6.07) is 11.3. The molecule has 0 atom stereocenters. The van der Waals surface area contributed by atoms with Crippen molar-refractivity contribution in [3.63, 3.8) is 0 Å². The molecule has 0 aliphatic heterocycles. The van der Waals surface area contributed by atoms with Crippen molar-refractivity contribution >= 4 is 17.4 Å². The Labute approximate surface area is 98.8 Å². The van der Waals surface area contributed by atoms with E-state index in [-0.39, 0.29) is 0 Å². The van der Waals surface area contributed by atoms with E-state index < -0.39 is 0 Å². The maximum atomic E-state index is 5.82. The first-order valence-electron chi connectivity index (χ1n) is 4.83. The number of hydrogen-bond acceptors (Lipinski definition) is 3. The molecule has 0 saturated heterocycles. The smallest absolute Gasteiger partial charge is 0.130 e. The molecular weight excluding hydrogens is 224 g/mol. The highest BCUT2D eigenvalue weighted by atomic mass is 35.5. The van der Waals surface area contributed by atoms with Crippen LogP contribution in [-0.4, -0.2) is 4.98 Å². The highest BCUT2D eigenvalue weighted by Crippen LogP contribution is 2.17. The number of anilines is 1. The monoisotopic (exact) mass is 234 g/mol. The van der Waals surface area contributed by atoms with Crippen LogP contribution in [0.1, 0.15) is 5.56 Å². The Bertz CT molecular complexity index is 474. The summed E-state index contributed by atoms with van der Waals surface area (Å²) >= 11 is 5.82. The van der Waals surface area contributed by atoms with Gasteiger partial charge in [-0.05, 0) is 18.2 Å². The molecule has 82 valence electrons. The predicted octanol–water partition coefficient (Wildman–Crippen LogP) is 2.90. The van der Waals surface area contributed by atoms with Gasteiger partial charge < -0.3 is 10.5 Å². The van der Waals surface area contributed by atoms with E-state index in [0.717, 1.165) is 11.3 Å². The van der Waals surface area contributed by atoms with Crippen molar-refractivity contribution in [3.8, 4) is 5.75 Å². The normalized spacial score (nSPS) is 10.1. The van der Waals surface area contributed by atoms with Gasteiger partial charge in [-0.25, -0.2) is 4.98 Å². The Balaban J connectivity index is 2.08. The van der Waals surface area contributed by atoms with Gasteiger partial charge in [0.1, 0.15) is 18.2 Å². The highest BCUT2D eigenvalue weighted by Gasteiger charge is 2.02. The van der Waals surface area contributed by atoms with Crippen LogP contribution in [0.25, 0.3) is 0 Å². The van der Waals surface area contributed by atoms with E-state index >= 15 is 0 Å². The molecule has 1 heterocycles. The minimum atomic E-state index is 0.364. The third-order valence-corrected chi connectivity index (χ3v) is 2.31. The Morgan fingerprint density at radius 2 is 2.00 bits per heavy atom. The zero-order chi connectivity index (χ0) is 11.4. The largest absolute Gasteiger partial charge is 0.489 e. The zero-order valence-corrected chi connectivity index (χ0v) is 9.32. The molecule has 16 heavy (non-hydrogen) atoms. The number of nitrogen functional groups attached to an aromatic ring is 1. The quantitative estimate of drug-likeness (QED) is 0.888. The predicted molar refractivity (Wildman–Crippen MR) is 64.4 cm³/mol. The summed E-state index contributed by atoms with van der Waals surface area (Å²) in [6.07, 6.45) is 1.52. The lowest BCUT2D eigenvalue weighted by atomic mass is 10.3. The second-order valence-electron chi connectivity index (χ2n) is 3.30. The molecule has 0 fully saturated rings. The van der Waals surface area contributed by atoms with Crippen LogP contribution in [-0.2, 0) is 6.61 Å². The lowest BCUT2D eigenvalue weighted by Gasteiger charge is -2.07. The van der Waals surface area contributed by atoms with Gasteiger partial charge in [-0.2, -0.15) is 0 Å². The van der Waals surface area contributed by atoms with E-state index in [1.807, 2.05) is 30.3 Å². The first-order valence-corrected chi connectivity index (χ1v) is 5.21. The molecule has 0 unspecified atom stereocenters. The van der Waals surface area contributed by atoms with E-state index in [1.165, 1.54) is 6.20 Å². The molecule has 3 nitrogen and oxygen atoms in total. The van der Waals surface area contributed by atoms with Gasteiger partial charge in [0.05, 0.1) is 5.02 Å². The molecule has 2 N–H and O–H groups in total. The number of rotatable bonds is 3. The van der Waals surface area contributed by atoms with E-state index in [1.54, 1.807) is 6.07 Å². The number of benzene rings is 1.